The highest BCUT2D eigenvalue weighted by Gasteiger charge is 2.11. The number of nitro benzene ring substituents is 1. The Labute approximate surface area is 108 Å². The van der Waals surface area contributed by atoms with E-state index in [4.69, 9.17) is 17.3 Å². The van der Waals surface area contributed by atoms with E-state index in [1.165, 1.54) is 16.8 Å². The van der Waals surface area contributed by atoms with Crippen LogP contribution in [0.4, 0.5) is 11.5 Å². The summed E-state index contributed by atoms with van der Waals surface area (Å²) in [5.74, 6) is 0.362. The number of hydrogen-bond acceptors (Lipinski definition) is 4. The normalized spacial score (nSPS) is 10.6. The maximum absolute atomic E-state index is 10.7. The second-order valence-corrected chi connectivity index (χ2v) is 4.25. The van der Waals surface area contributed by atoms with Crippen molar-refractivity contribution in [2.24, 2.45) is 0 Å². The van der Waals surface area contributed by atoms with E-state index in [1.807, 2.05) is 0 Å². The van der Waals surface area contributed by atoms with E-state index in [1.54, 1.807) is 19.1 Å². The molecule has 0 aliphatic rings. The summed E-state index contributed by atoms with van der Waals surface area (Å²) in [7, 11) is 0. The Morgan fingerprint density at radius 3 is 2.83 bits per heavy atom. The van der Waals surface area contributed by atoms with E-state index in [0.29, 0.717) is 23.1 Å². The first kappa shape index (κ1) is 12.4. The Kier molecular flexibility index (Phi) is 3.20. The summed E-state index contributed by atoms with van der Waals surface area (Å²) < 4.78 is 1.52. The van der Waals surface area contributed by atoms with Gasteiger partial charge in [0.15, 0.2) is 0 Å². The summed E-state index contributed by atoms with van der Waals surface area (Å²) in [6.07, 6.45) is 0. The van der Waals surface area contributed by atoms with Crippen LogP contribution in [-0.2, 0) is 6.54 Å². The van der Waals surface area contributed by atoms with Gasteiger partial charge in [-0.25, -0.2) is 4.68 Å². The van der Waals surface area contributed by atoms with Crippen molar-refractivity contribution in [2.75, 3.05) is 5.73 Å². The van der Waals surface area contributed by atoms with Crippen LogP contribution in [0.5, 0.6) is 0 Å². The lowest BCUT2D eigenvalue weighted by molar-refractivity contribution is -0.384. The molecule has 0 saturated carbocycles. The smallest absolute Gasteiger partial charge is 0.269 e. The van der Waals surface area contributed by atoms with E-state index < -0.39 is 4.92 Å². The summed E-state index contributed by atoms with van der Waals surface area (Å²) >= 11 is 5.93. The third kappa shape index (κ3) is 2.28. The van der Waals surface area contributed by atoms with Crippen LogP contribution in [0.15, 0.2) is 24.3 Å². The number of benzene rings is 1. The largest absolute Gasteiger partial charge is 0.383 e. The second-order valence-electron chi connectivity index (χ2n) is 3.87. The first-order chi connectivity index (χ1) is 8.49. The minimum atomic E-state index is -0.436. The third-order valence-electron chi connectivity index (χ3n) is 2.55. The predicted octanol–water partition coefficient (Wildman–Crippen LogP) is 2.38. The molecule has 0 amide bonds. The molecule has 94 valence electrons. The standard InChI is InChI=1S/C11H11ClN4O2/c1-7-10(12)11(13)15(14-7)6-8-3-2-4-9(5-8)16(17)18/h2-5H,6,13H2,1H3. The summed E-state index contributed by atoms with van der Waals surface area (Å²) in [6, 6.07) is 6.33. The minimum Gasteiger partial charge on any atom is -0.383 e. The van der Waals surface area contributed by atoms with Gasteiger partial charge in [-0.15, -0.1) is 0 Å². The second kappa shape index (κ2) is 4.66. The molecule has 0 spiro atoms. The Morgan fingerprint density at radius 1 is 1.56 bits per heavy atom. The molecule has 6 nitrogen and oxygen atoms in total. The molecule has 18 heavy (non-hydrogen) atoms. The molecule has 0 bridgehead atoms. The Balaban J connectivity index is 2.31. The third-order valence-corrected chi connectivity index (χ3v) is 3.01. The van der Waals surface area contributed by atoms with Gasteiger partial charge in [0.05, 0.1) is 17.2 Å². The molecule has 0 saturated heterocycles. The lowest BCUT2D eigenvalue weighted by atomic mass is 10.2. The molecule has 0 aliphatic carbocycles. The summed E-state index contributed by atoms with van der Waals surface area (Å²) in [6.45, 7) is 2.10. The highest BCUT2D eigenvalue weighted by Crippen LogP contribution is 2.23. The molecule has 0 unspecified atom stereocenters. The molecule has 2 N–H and O–H groups in total. The average molecular weight is 267 g/mol. The van der Waals surface area contributed by atoms with E-state index in [9.17, 15) is 10.1 Å². The van der Waals surface area contributed by atoms with Crippen molar-refractivity contribution in [3.8, 4) is 0 Å². The maximum atomic E-state index is 10.7. The Morgan fingerprint density at radius 2 is 2.28 bits per heavy atom. The highest BCUT2D eigenvalue weighted by atomic mass is 35.5. The Bertz CT molecular complexity index is 609. The number of aryl methyl sites for hydroxylation is 1. The van der Waals surface area contributed by atoms with Crippen LogP contribution in [0.25, 0.3) is 0 Å². The zero-order valence-electron chi connectivity index (χ0n) is 9.63. The fourth-order valence-electron chi connectivity index (χ4n) is 1.64. The number of nitro groups is 1. The average Bonchev–Trinajstić information content (AvgIpc) is 2.57. The molecular formula is C11H11ClN4O2. The van der Waals surface area contributed by atoms with Crippen molar-refractivity contribution in [3.63, 3.8) is 0 Å². The first-order valence-corrected chi connectivity index (χ1v) is 5.58. The van der Waals surface area contributed by atoms with Gasteiger partial charge in [-0.1, -0.05) is 23.7 Å². The van der Waals surface area contributed by atoms with Crippen molar-refractivity contribution in [1.82, 2.24) is 9.78 Å². The fourth-order valence-corrected chi connectivity index (χ4v) is 1.77. The summed E-state index contributed by atoms with van der Waals surface area (Å²) in [4.78, 5) is 10.2. The van der Waals surface area contributed by atoms with Crippen molar-refractivity contribution < 1.29 is 4.92 Å². The number of halogens is 1. The topological polar surface area (TPSA) is 87.0 Å². The molecule has 2 aromatic rings. The zero-order valence-corrected chi connectivity index (χ0v) is 10.4. The zero-order chi connectivity index (χ0) is 13.3. The number of aromatic nitrogens is 2. The number of nitrogens with zero attached hydrogens (tertiary/aromatic N) is 3. The summed E-state index contributed by atoms with van der Waals surface area (Å²) in [5.41, 5.74) is 7.21. The van der Waals surface area contributed by atoms with Gasteiger partial charge in [0.1, 0.15) is 10.8 Å². The number of non-ortho nitro benzene ring substituents is 1. The first-order valence-electron chi connectivity index (χ1n) is 5.20. The van der Waals surface area contributed by atoms with Crippen LogP contribution in [0.2, 0.25) is 5.02 Å². The molecule has 0 aliphatic heterocycles. The molecule has 0 fully saturated rings. The number of nitrogens with two attached hydrogens (primary N) is 1. The highest BCUT2D eigenvalue weighted by molar-refractivity contribution is 6.33. The quantitative estimate of drug-likeness (QED) is 0.682. The van der Waals surface area contributed by atoms with E-state index in [2.05, 4.69) is 5.10 Å². The number of anilines is 1. The lowest BCUT2D eigenvalue weighted by Gasteiger charge is -2.04. The van der Waals surface area contributed by atoms with Gasteiger partial charge in [-0.05, 0) is 12.5 Å². The van der Waals surface area contributed by atoms with Gasteiger partial charge >= 0.3 is 0 Å². The van der Waals surface area contributed by atoms with Crippen LogP contribution in [0.1, 0.15) is 11.3 Å². The molecule has 1 aromatic carbocycles. The van der Waals surface area contributed by atoms with Gasteiger partial charge < -0.3 is 5.73 Å². The molecule has 1 heterocycles. The van der Waals surface area contributed by atoms with Crippen LogP contribution in [0, 0.1) is 17.0 Å². The summed E-state index contributed by atoms with van der Waals surface area (Å²) in [5, 5.41) is 15.3. The fraction of sp³-hybridized carbons (Fsp3) is 0.182. The predicted molar refractivity (Wildman–Crippen MR) is 68.6 cm³/mol. The molecular weight excluding hydrogens is 256 g/mol. The van der Waals surface area contributed by atoms with Crippen LogP contribution < -0.4 is 5.73 Å². The number of nitrogen functional groups attached to an aromatic ring is 1. The maximum Gasteiger partial charge on any atom is 0.269 e. The van der Waals surface area contributed by atoms with Crippen molar-refractivity contribution in [1.29, 1.82) is 0 Å². The van der Waals surface area contributed by atoms with Crippen molar-refractivity contribution >= 4 is 23.1 Å². The number of hydrogen-bond donors (Lipinski definition) is 1. The van der Waals surface area contributed by atoms with Crippen molar-refractivity contribution in [3.05, 3.63) is 50.7 Å². The molecule has 2 rings (SSSR count). The molecule has 1 aromatic heterocycles. The van der Waals surface area contributed by atoms with Gasteiger partial charge in [0, 0.05) is 12.1 Å². The van der Waals surface area contributed by atoms with Gasteiger partial charge in [-0.2, -0.15) is 5.10 Å². The molecule has 0 atom stereocenters. The van der Waals surface area contributed by atoms with Crippen LogP contribution in [-0.4, -0.2) is 14.7 Å². The number of rotatable bonds is 3. The molecule has 7 heteroatoms. The lowest BCUT2D eigenvalue weighted by Crippen LogP contribution is -2.06. The Hall–Kier alpha value is -2.08. The van der Waals surface area contributed by atoms with E-state index in [-0.39, 0.29) is 5.69 Å². The van der Waals surface area contributed by atoms with Gasteiger partial charge in [-0.3, -0.25) is 10.1 Å². The van der Waals surface area contributed by atoms with Gasteiger partial charge in [0.25, 0.3) is 5.69 Å². The van der Waals surface area contributed by atoms with Crippen LogP contribution >= 0.6 is 11.6 Å². The molecule has 0 radical (unpaired) electrons. The van der Waals surface area contributed by atoms with Crippen LogP contribution in [0.3, 0.4) is 0 Å². The van der Waals surface area contributed by atoms with Crippen molar-refractivity contribution in [2.45, 2.75) is 13.5 Å². The van der Waals surface area contributed by atoms with E-state index in [0.717, 1.165) is 5.56 Å². The SMILES string of the molecule is Cc1nn(Cc2cccc([N+](=O)[O-])c2)c(N)c1Cl. The minimum absolute atomic E-state index is 0.0426. The van der Waals surface area contributed by atoms with Gasteiger partial charge in [0.2, 0.25) is 0 Å². The van der Waals surface area contributed by atoms with E-state index >= 15 is 0 Å². The monoisotopic (exact) mass is 266 g/mol.